The highest BCUT2D eigenvalue weighted by molar-refractivity contribution is 6.04. The number of aryl methyl sites for hydroxylation is 1. The van der Waals surface area contributed by atoms with Gasteiger partial charge in [-0.1, -0.05) is 24.0 Å². The van der Waals surface area contributed by atoms with Crippen molar-refractivity contribution in [3.63, 3.8) is 0 Å². The van der Waals surface area contributed by atoms with Gasteiger partial charge < -0.3 is 15.5 Å². The van der Waals surface area contributed by atoms with Crippen LogP contribution >= 0.6 is 0 Å². The minimum Gasteiger partial charge on any atom is -0.348 e. The zero-order valence-electron chi connectivity index (χ0n) is 23.8. The Labute approximate surface area is 247 Å². The van der Waals surface area contributed by atoms with Gasteiger partial charge in [0.2, 0.25) is 0 Å². The highest BCUT2D eigenvalue weighted by Gasteiger charge is 2.34. The zero-order chi connectivity index (χ0) is 30.7. The fourth-order valence-electron chi connectivity index (χ4n) is 4.70. The van der Waals surface area contributed by atoms with Crippen molar-refractivity contribution < 1.29 is 27.2 Å². The molecule has 0 unspecified atom stereocenters. The van der Waals surface area contributed by atoms with Gasteiger partial charge in [-0.15, -0.1) is 0 Å². The number of piperazine rings is 1. The van der Waals surface area contributed by atoms with Crippen LogP contribution in [0.25, 0.3) is 0 Å². The first-order valence-corrected chi connectivity index (χ1v) is 14.0. The van der Waals surface area contributed by atoms with Crippen LogP contribution in [0.5, 0.6) is 0 Å². The van der Waals surface area contributed by atoms with Crippen molar-refractivity contribution in [1.82, 2.24) is 20.1 Å². The third-order valence-corrected chi connectivity index (χ3v) is 7.47. The Bertz CT molecular complexity index is 1600. The summed E-state index contributed by atoms with van der Waals surface area (Å²) in [7, 11) is 1.98. The maximum Gasteiger partial charge on any atom is 0.416 e. The predicted molar refractivity (Wildman–Crippen MR) is 154 cm³/mol. The molecule has 43 heavy (non-hydrogen) atoms. The standard InChI is InChI=1S/C32H31F4N5O2/c1-20-3-5-23(16-22(20)6-4-21-15-28(33)29(37-18-21)31(43)38-25-9-10-25)30(42)39-26-8-7-24(27(17-26)32(34,35)36)19-41-13-11-40(2)12-14-41/h3,5,7-8,15-18,25H,9-14,19H2,1-2H3,(H,38,43)(H,39,42). The molecule has 5 rings (SSSR count). The summed E-state index contributed by atoms with van der Waals surface area (Å²) < 4.78 is 56.4. The molecule has 0 spiro atoms. The highest BCUT2D eigenvalue weighted by Crippen LogP contribution is 2.35. The fraction of sp³-hybridized carbons (Fsp3) is 0.344. The maximum absolute atomic E-state index is 14.5. The third-order valence-electron chi connectivity index (χ3n) is 7.47. The molecule has 1 aliphatic heterocycles. The topological polar surface area (TPSA) is 77.6 Å². The van der Waals surface area contributed by atoms with E-state index in [1.54, 1.807) is 19.1 Å². The fourth-order valence-corrected chi connectivity index (χ4v) is 4.70. The molecule has 1 aromatic heterocycles. The Hall–Kier alpha value is -4.27. The predicted octanol–water partition coefficient (Wildman–Crippen LogP) is 4.84. The second kappa shape index (κ2) is 12.5. The van der Waals surface area contributed by atoms with E-state index >= 15 is 0 Å². The van der Waals surface area contributed by atoms with Crippen LogP contribution in [0.15, 0.2) is 48.7 Å². The summed E-state index contributed by atoms with van der Waals surface area (Å²) in [6.07, 6.45) is -1.55. The third kappa shape index (κ3) is 7.77. The van der Waals surface area contributed by atoms with E-state index in [2.05, 4.69) is 32.4 Å². The number of nitrogens with zero attached hydrogens (tertiary/aromatic N) is 3. The number of halogens is 4. The number of likely N-dealkylation sites (N-methyl/N-ethyl adjacent to an activating group) is 1. The van der Waals surface area contributed by atoms with Crippen LogP contribution in [-0.4, -0.2) is 65.9 Å². The molecule has 2 heterocycles. The van der Waals surface area contributed by atoms with Crippen LogP contribution < -0.4 is 10.6 Å². The molecule has 3 aromatic rings. The van der Waals surface area contributed by atoms with Crippen molar-refractivity contribution in [2.24, 2.45) is 0 Å². The molecule has 2 aliphatic rings. The van der Waals surface area contributed by atoms with Gasteiger partial charge in [-0.2, -0.15) is 13.2 Å². The second-order valence-corrected chi connectivity index (χ2v) is 11.0. The van der Waals surface area contributed by atoms with E-state index in [4.69, 9.17) is 0 Å². The lowest BCUT2D eigenvalue weighted by Crippen LogP contribution is -2.44. The quantitative estimate of drug-likeness (QED) is 0.316. The number of hydrogen-bond donors (Lipinski definition) is 2. The monoisotopic (exact) mass is 593 g/mol. The molecule has 2 fully saturated rings. The molecule has 2 amide bonds. The Kier molecular flexibility index (Phi) is 8.80. The summed E-state index contributed by atoms with van der Waals surface area (Å²) in [5.74, 6) is 3.73. The number of aromatic nitrogens is 1. The first kappa shape index (κ1) is 30.2. The van der Waals surface area contributed by atoms with Crippen molar-refractivity contribution in [3.8, 4) is 11.8 Å². The SMILES string of the molecule is Cc1ccc(C(=O)Nc2ccc(CN3CCN(C)CC3)c(C(F)(F)F)c2)cc1C#Cc1cnc(C(=O)NC2CC2)c(F)c1. The molecule has 0 radical (unpaired) electrons. The Morgan fingerprint density at radius 1 is 1.00 bits per heavy atom. The molecular formula is C32H31F4N5O2. The number of benzene rings is 2. The zero-order valence-corrected chi connectivity index (χ0v) is 23.8. The van der Waals surface area contributed by atoms with Gasteiger partial charge in [-0.25, -0.2) is 9.37 Å². The maximum atomic E-state index is 14.5. The van der Waals surface area contributed by atoms with Crippen molar-refractivity contribution >= 4 is 17.5 Å². The number of carbonyl (C=O) groups excluding carboxylic acids is 2. The Morgan fingerprint density at radius 3 is 2.42 bits per heavy atom. The first-order chi connectivity index (χ1) is 20.5. The van der Waals surface area contributed by atoms with Crippen molar-refractivity contribution in [3.05, 3.63) is 93.6 Å². The summed E-state index contributed by atoms with van der Waals surface area (Å²) in [5.41, 5.74) is 0.760. The van der Waals surface area contributed by atoms with Gasteiger partial charge in [0, 0.05) is 67.3 Å². The van der Waals surface area contributed by atoms with E-state index in [1.165, 1.54) is 24.4 Å². The number of nitrogens with one attached hydrogen (secondary N) is 2. The Balaban J connectivity index is 1.30. The lowest BCUT2D eigenvalue weighted by Gasteiger charge is -2.33. The Morgan fingerprint density at radius 2 is 1.74 bits per heavy atom. The van der Waals surface area contributed by atoms with E-state index < -0.39 is 29.4 Å². The van der Waals surface area contributed by atoms with E-state index in [9.17, 15) is 27.2 Å². The van der Waals surface area contributed by atoms with E-state index in [1.807, 2.05) is 11.9 Å². The minimum atomic E-state index is -4.58. The van der Waals surface area contributed by atoms with Gasteiger partial charge in [-0.05, 0) is 68.3 Å². The molecular weight excluding hydrogens is 562 g/mol. The van der Waals surface area contributed by atoms with E-state index in [-0.39, 0.29) is 40.7 Å². The minimum absolute atomic E-state index is 0.0278. The number of anilines is 1. The van der Waals surface area contributed by atoms with Crippen LogP contribution in [0.2, 0.25) is 0 Å². The average Bonchev–Trinajstić information content (AvgIpc) is 3.78. The molecule has 11 heteroatoms. The molecule has 0 bridgehead atoms. The largest absolute Gasteiger partial charge is 0.416 e. The van der Waals surface area contributed by atoms with Crippen molar-refractivity contribution in [1.29, 1.82) is 0 Å². The van der Waals surface area contributed by atoms with Crippen molar-refractivity contribution in [2.75, 3.05) is 38.5 Å². The molecule has 7 nitrogen and oxygen atoms in total. The van der Waals surface area contributed by atoms with Gasteiger partial charge in [-0.3, -0.25) is 14.5 Å². The number of pyridine rings is 1. The molecule has 2 N–H and O–H groups in total. The highest BCUT2D eigenvalue weighted by atomic mass is 19.4. The molecule has 1 aliphatic carbocycles. The molecule has 1 saturated carbocycles. The summed E-state index contributed by atoms with van der Waals surface area (Å²) in [4.78, 5) is 33.2. The lowest BCUT2D eigenvalue weighted by molar-refractivity contribution is -0.138. The van der Waals surface area contributed by atoms with Gasteiger partial charge in [0.1, 0.15) is 0 Å². The van der Waals surface area contributed by atoms with Gasteiger partial charge in [0.25, 0.3) is 11.8 Å². The van der Waals surface area contributed by atoms with Gasteiger partial charge in [0.15, 0.2) is 11.5 Å². The summed E-state index contributed by atoms with van der Waals surface area (Å²) in [6.45, 7) is 4.89. The number of alkyl halides is 3. The van der Waals surface area contributed by atoms with Crippen LogP contribution in [-0.2, 0) is 12.7 Å². The van der Waals surface area contributed by atoms with Crippen molar-refractivity contribution in [2.45, 2.75) is 38.5 Å². The normalized spacial score (nSPS) is 15.9. The van der Waals surface area contributed by atoms with Gasteiger partial charge >= 0.3 is 6.18 Å². The molecule has 2 aromatic carbocycles. The first-order valence-electron chi connectivity index (χ1n) is 14.0. The summed E-state index contributed by atoms with van der Waals surface area (Å²) >= 11 is 0. The van der Waals surface area contributed by atoms with Crippen LogP contribution in [0, 0.1) is 24.6 Å². The van der Waals surface area contributed by atoms with E-state index in [0.29, 0.717) is 18.7 Å². The van der Waals surface area contributed by atoms with Gasteiger partial charge in [0.05, 0.1) is 5.56 Å². The van der Waals surface area contributed by atoms with Crippen LogP contribution in [0.1, 0.15) is 61.5 Å². The summed E-state index contributed by atoms with van der Waals surface area (Å²) in [6, 6.07) is 9.79. The number of carbonyl (C=O) groups is 2. The van der Waals surface area contributed by atoms with E-state index in [0.717, 1.165) is 43.6 Å². The van der Waals surface area contributed by atoms with Crippen LogP contribution in [0.4, 0.5) is 23.2 Å². The van der Waals surface area contributed by atoms with Crippen LogP contribution in [0.3, 0.4) is 0 Å². The molecule has 224 valence electrons. The summed E-state index contributed by atoms with van der Waals surface area (Å²) in [5, 5.41) is 5.25. The smallest absolute Gasteiger partial charge is 0.348 e. The lowest BCUT2D eigenvalue weighted by atomic mass is 10.0. The number of hydrogen-bond acceptors (Lipinski definition) is 5. The molecule has 0 atom stereocenters. The molecule has 1 saturated heterocycles. The average molecular weight is 594 g/mol. The second-order valence-electron chi connectivity index (χ2n) is 11.0. The number of rotatable bonds is 6. The number of amides is 2.